The van der Waals surface area contributed by atoms with Crippen LogP contribution in [0.5, 0.6) is 0 Å². The van der Waals surface area contributed by atoms with Gasteiger partial charge in [0.15, 0.2) is 0 Å². The minimum absolute atomic E-state index is 0.273. The van der Waals surface area contributed by atoms with E-state index >= 15 is 0 Å². The first-order valence-corrected chi connectivity index (χ1v) is 6.84. The third kappa shape index (κ3) is 5.86. The molecule has 0 bridgehead atoms. The van der Waals surface area contributed by atoms with Crippen LogP contribution in [0.25, 0.3) is 0 Å². The molecule has 0 aromatic heterocycles. The van der Waals surface area contributed by atoms with Gasteiger partial charge in [0, 0.05) is 12.1 Å². The third-order valence-electron chi connectivity index (χ3n) is 3.25. The third-order valence-corrected chi connectivity index (χ3v) is 3.25. The normalized spacial score (nSPS) is 20.6. The number of piperidine rings is 1. The van der Waals surface area contributed by atoms with Gasteiger partial charge < -0.3 is 10.2 Å². The average molecular weight is 226 g/mol. The van der Waals surface area contributed by atoms with Gasteiger partial charge in [-0.1, -0.05) is 13.8 Å². The molecule has 1 N–H and O–H groups in total. The summed E-state index contributed by atoms with van der Waals surface area (Å²) in [6.07, 6.45) is 2.74. The number of nitrogens with one attached hydrogen (secondary N) is 1. The molecule has 0 radical (unpaired) electrons. The molecule has 0 atom stereocenters. The first-order chi connectivity index (χ1) is 7.37. The Kier molecular flexibility index (Phi) is 5.26. The van der Waals surface area contributed by atoms with Gasteiger partial charge in [-0.15, -0.1) is 0 Å². The van der Waals surface area contributed by atoms with E-state index in [9.17, 15) is 0 Å². The summed E-state index contributed by atoms with van der Waals surface area (Å²) in [6.45, 7) is 16.4. The van der Waals surface area contributed by atoms with Crippen LogP contribution < -0.4 is 5.32 Å². The quantitative estimate of drug-likeness (QED) is 0.793. The van der Waals surface area contributed by atoms with E-state index in [0.29, 0.717) is 0 Å². The summed E-state index contributed by atoms with van der Waals surface area (Å²) < 4.78 is 0. The predicted molar refractivity (Wildman–Crippen MR) is 71.8 cm³/mol. The van der Waals surface area contributed by atoms with Crippen molar-refractivity contribution in [2.75, 3.05) is 26.2 Å². The molecule has 0 aromatic rings. The summed E-state index contributed by atoms with van der Waals surface area (Å²) in [6, 6.07) is 0. The first-order valence-electron chi connectivity index (χ1n) is 6.84. The summed E-state index contributed by atoms with van der Waals surface area (Å²) in [5.74, 6) is 1.70. The fourth-order valence-electron chi connectivity index (χ4n) is 2.34. The zero-order valence-corrected chi connectivity index (χ0v) is 11.8. The Bertz CT molecular complexity index is 185. The SMILES string of the molecule is CC(C)CN1CCC(CNC(C)(C)C)CC1. The van der Waals surface area contributed by atoms with Crippen LogP contribution in [0.2, 0.25) is 0 Å². The van der Waals surface area contributed by atoms with E-state index < -0.39 is 0 Å². The van der Waals surface area contributed by atoms with Crippen LogP contribution in [0.3, 0.4) is 0 Å². The van der Waals surface area contributed by atoms with E-state index in [-0.39, 0.29) is 5.54 Å². The fourth-order valence-corrected chi connectivity index (χ4v) is 2.34. The molecular weight excluding hydrogens is 196 g/mol. The summed E-state index contributed by atoms with van der Waals surface area (Å²) >= 11 is 0. The Morgan fingerprint density at radius 1 is 1.19 bits per heavy atom. The zero-order valence-electron chi connectivity index (χ0n) is 11.8. The van der Waals surface area contributed by atoms with Crippen LogP contribution in [-0.2, 0) is 0 Å². The van der Waals surface area contributed by atoms with Crippen LogP contribution in [0.15, 0.2) is 0 Å². The molecule has 1 aliphatic rings. The summed E-state index contributed by atoms with van der Waals surface area (Å²) in [7, 11) is 0. The summed E-state index contributed by atoms with van der Waals surface area (Å²) in [5.41, 5.74) is 0.273. The number of likely N-dealkylation sites (tertiary alicyclic amines) is 1. The minimum atomic E-state index is 0.273. The molecule has 2 nitrogen and oxygen atoms in total. The van der Waals surface area contributed by atoms with Crippen molar-refractivity contribution in [1.82, 2.24) is 10.2 Å². The lowest BCUT2D eigenvalue weighted by atomic mass is 9.95. The Morgan fingerprint density at radius 2 is 1.75 bits per heavy atom. The second-order valence-corrected chi connectivity index (χ2v) is 6.77. The number of nitrogens with zero attached hydrogens (tertiary/aromatic N) is 1. The van der Waals surface area contributed by atoms with Gasteiger partial charge in [0.25, 0.3) is 0 Å². The summed E-state index contributed by atoms with van der Waals surface area (Å²) in [4.78, 5) is 2.62. The van der Waals surface area contributed by atoms with Gasteiger partial charge >= 0.3 is 0 Å². The van der Waals surface area contributed by atoms with E-state index in [0.717, 1.165) is 11.8 Å². The highest BCUT2D eigenvalue weighted by Gasteiger charge is 2.20. The molecule has 1 rings (SSSR count). The van der Waals surface area contributed by atoms with Crippen molar-refractivity contribution in [2.24, 2.45) is 11.8 Å². The Labute approximate surface area is 102 Å². The lowest BCUT2D eigenvalue weighted by Gasteiger charge is -2.34. The number of rotatable bonds is 4. The minimum Gasteiger partial charge on any atom is -0.312 e. The van der Waals surface area contributed by atoms with Gasteiger partial charge in [0.1, 0.15) is 0 Å². The lowest BCUT2D eigenvalue weighted by Crippen LogP contribution is -2.43. The Morgan fingerprint density at radius 3 is 2.19 bits per heavy atom. The molecular formula is C14H30N2. The van der Waals surface area contributed by atoms with Gasteiger partial charge in [0.05, 0.1) is 0 Å². The van der Waals surface area contributed by atoms with Crippen molar-refractivity contribution >= 4 is 0 Å². The number of hydrogen-bond donors (Lipinski definition) is 1. The maximum absolute atomic E-state index is 3.63. The molecule has 0 aliphatic carbocycles. The highest BCUT2D eigenvalue weighted by atomic mass is 15.1. The van der Waals surface area contributed by atoms with Crippen LogP contribution >= 0.6 is 0 Å². The van der Waals surface area contributed by atoms with Crippen molar-refractivity contribution in [3.05, 3.63) is 0 Å². The predicted octanol–water partition coefficient (Wildman–Crippen LogP) is 2.74. The molecule has 1 fully saturated rings. The molecule has 0 saturated carbocycles. The molecule has 2 heteroatoms. The largest absolute Gasteiger partial charge is 0.312 e. The molecule has 1 aliphatic heterocycles. The standard InChI is InChI=1S/C14H30N2/c1-12(2)11-16-8-6-13(7-9-16)10-15-14(3,4)5/h12-13,15H,6-11H2,1-5H3. The average Bonchev–Trinajstić information content (AvgIpc) is 2.14. The second kappa shape index (κ2) is 6.02. The smallest absolute Gasteiger partial charge is 0.00966 e. The van der Waals surface area contributed by atoms with E-state index in [1.54, 1.807) is 0 Å². The molecule has 0 unspecified atom stereocenters. The van der Waals surface area contributed by atoms with Gasteiger partial charge in [-0.05, 0) is 65.1 Å². The molecule has 0 aromatic carbocycles. The second-order valence-electron chi connectivity index (χ2n) is 6.77. The van der Waals surface area contributed by atoms with Crippen molar-refractivity contribution in [2.45, 2.75) is 53.0 Å². The van der Waals surface area contributed by atoms with E-state index in [4.69, 9.17) is 0 Å². The van der Waals surface area contributed by atoms with Gasteiger partial charge in [-0.2, -0.15) is 0 Å². The highest BCUT2D eigenvalue weighted by molar-refractivity contribution is 4.78. The molecule has 16 heavy (non-hydrogen) atoms. The molecule has 1 heterocycles. The van der Waals surface area contributed by atoms with Crippen molar-refractivity contribution in [3.8, 4) is 0 Å². The Hall–Kier alpha value is -0.0800. The van der Waals surface area contributed by atoms with Gasteiger partial charge in [-0.25, -0.2) is 0 Å². The monoisotopic (exact) mass is 226 g/mol. The van der Waals surface area contributed by atoms with Gasteiger partial charge in [-0.3, -0.25) is 0 Å². The Balaban J connectivity index is 2.17. The van der Waals surface area contributed by atoms with Gasteiger partial charge in [0.2, 0.25) is 0 Å². The topological polar surface area (TPSA) is 15.3 Å². The van der Waals surface area contributed by atoms with Crippen LogP contribution in [0.4, 0.5) is 0 Å². The van der Waals surface area contributed by atoms with Crippen molar-refractivity contribution in [3.63, 3.8) is 0 Å². The van der Waals surface area contributed by atoms with Crippen LogP contribution in [0.1, 0.15) is 47.5 Å². The molecule has 96 valence electrons. The maximum atomic E-state index is 3.63. The molecule has 0 amide bonds. The fraction of sp³-hybridized carbons (Fsp3) is 1.00. The number of hydrogen-bond acceptors (Lipinski definition) is 2. The first kappa shape index (κ1) is 14.0. The maximum Gasteiger partial charge on any atom is 0.00966 e. The van der Waals surface area contributed by atoms with Crippen LogP contribution in [-0.4, -0.2) is 36.6 Å². The molecule has 1 saturated heterocycles. The van der Waals surface area contributed by atoms with Crippen molar-refractivity contribution < 1.29 is 0 Å². The van der Waals surface area contributed by atoms with E-state index in [1.807, 2.05) is 0 Å². The summed E-state index contributed by atoms with van der Waals surface area (Å²) in [5, 5.41) is 3.63. The van der Waals surface area contributed by atoms with Crippen molar-refractivity contribution in [1.29, 1.82) is 0 Å². The van der Waals surface area contributed by atoms with Crippen LogP contribution in [0, 0.1) is 11.8 Å². The van der Waals surface area contributed by atoms with E-state index in [1.165, 1.54) is 39.0 Å². The zero-order chi connectivity index (χ0) is 12.2. The van der Waals surface area contributed by atoms with E-state index in [2.05, 4.69) is 44.8 Å². The molecule has 0 spiro atoms. The lowest BCUT2D eigenvalue weighted by molar-refractivity contribution is 0.162. The highest BCUT2D eigenvalue weighted by Crippen LogP contribution is 2.18.